The van der Waals surface area contributed by atoms with Gasteiger partial charge in [-0.1, -0.05) is 36.0 Å². The van der Waals surface area contributed by atoms with Crippen molar-refractivity contribution in [3.8, 4) is 5.75 Å². The van der Waals surface area contributed by atoms with Gasteiger partial charge in [-0.15, -0.1) is 11.3 Å². The summed E-state index contributed by atoms with van der Waals surface area (Å²) < 4.78 is 26.3. The van der Waals surface area contributed by atoms with Gasteiger partial charge in [0.2, 0.25) is 5.91 Å². The number of benzene rings is 2. The van der Waals surface area contributed by atoms with Crippen molar-refractivity contribution < 1.29 is 23.5 Å². The van der Waals surface area contributed by atoms with Crippen molar-refractivity contribution >= 4 is 45.2 Å². The first-order chi connectivity index (χ1) is 14.5. The van der Waals surface area contributed by atoms with Crippen LogP contribution in [0.1, 0.15) is 6.42 Å². The van der Waals surface area contributed by atoms with E-state index in [1.807, 2.05) is 24.3 Å². The lowest BCUT2D eigenvalue weighted by Gasteiger charge is -2.21. The number of hydrogen-bond acceptors (Lipinski definition) is 7. The number of rotatable bonds is 6. The van der Waals surface area contributed by atoms with Crippen molar-refractivity contribution in [3.05, 3.63) is 54.3 Å². The molecule has 1 amide bonds. The highest BCUT2D eigenvalue weighted by Crippen LogP contribution is 2.31. The molecule has 1 aliphatic heterocycles. The van der Waals surface area contributed by atoms with Gasteiger partial charge < -0.3 is 14.4 Å². The first-order valence-corrected chi connectivity index (χ1v) is 11.1. The minimum absolute atomic E-state index is 0.101. The second-order valence-electron chi connectivity index (χ2n) is 6.73. The molecule has 2 atom stereocenters. The number of esters is 1. The maximum Gasteiger partial charge on any atom is 0.328 e. The third-order valence-electron chi connectivity index (χ3n) is 4.78. The Labute approximate surface area is 181 Å². The fourth-order valence-corrected chi connectivity index (χ4v) is 5.31. The molecule has 9 heteroatoms. The molecule has 156 valence electrons. The molecule has 2 aromatic carbocycles. The molecule has 1 aliphatic rings. The molecular weight excluding hydrogens is 427 g/mol. The zero-order valence-corrected chi connectivity index (χ0v) is 17.7. The van der Waals surface area contributed by atoms with E-state index in [0.717, 1.165) is 14.6 Å². The van der Waals surface area contributed by atoms with Crippen molar-refractivity contribution in [1.82, 2.24) is 9.88 Å². The van der Waals surface area contributed by atoms with Crippen LogP contribution in [-0.4, -0.2) is 53.3 Å². The Bertz CT molecular complexity index is 1040. The van der Waals surface area contributed by atoms with Gasteiger partial charge in [-0.25, -0.2) is 14.2 Å². The third kappa shape index (κ3) is 4.41. The monoisotopic (exact) mass is 446 g/mol. The number of ether oxygens (including phenoxy) is 2. The third-order valence-corrected chi connectivity index (χ3v) is 6.94. The van der Waals surface area contributed by atoms with E-state index in [9.17, 15) is 14.0 Å². The average molecular weight is 447 g/mol. The van der Waals surface area contributed by atoms with Crippen LogP contribution in [-0.2, 0) is 14.3 Å². The van der Waals surface area contributed by atoms with Gasteiger partial charge in [-0.2, -0.15) is 0 Å². The molecular formula is C21H19FN2O4S2. The summed E-state index contributed by atoms with van der Waals surface area (Å²) in [6.07, 6.45) is -0.249. The normalized spacial score (nSPS) is 18.5. The highest BCUT2D eigenvalue weighted by atomic mass is 32.2. The molecule has 0 radical (unpaired) electrons. The Morgan fingerprint density at radius 1 is 1.23 bits per heavy atom. The number of hydrogen-bond donors (Lipinski definition) is 0. The summed E-state index contributed by atoms with van der Waals surface area (Å²) in [5, 5.41) is 0. The topological polar surface area (TPSA) is 68.7 Å². The lowest BCUT2D eigenvalue weighted by Crippen LogP contribution is -2.42. The Morgan fingerprint density at radius 3 is 2.77 bits per heavy atom. The molecule has 0 bridgehead atoms. The summed E-state index contributed by atoms with van der Waals surface area (Å²) in [5.41, 5.74) is 0.893. The van der Waals surface area contributed by atoms with Gasteiger partial charge in [0, 0.05) is 6.42 Å². The van der Waals surface area contributed by atoms with Crippen LogP contribution in [0.25, 0.3) is 10.2 Å². The number of thiazole rings is 1. The second kappa shape index (κ2) is 9.01. The zero-order valence-electron chi connectivity index (χ0n) is 16.1. The van der Waals surface area contributed by atoms with Gasteiger partial charge in [-0.05, 0) is 24.3 Å². The Morgan fingerprint density at radius 2 is 2.00 bits per heavy atom. The van der Waals surface area contributed by atoms with Crippen LogP contribution in [0.15, 0.2) is 52.9 Å². The molecule has 1 fully saturated rings. The number of methoxy groups -OCH3 is 1. The van der Waals surface area contributed by atoms with Gasteiger partial charge >= 0.3 is 5.97 Å². The number of halogens is 1. The number of aromatic nitrogens is 1. The molecule has 6 nitrogen and oxygen atoms in total. The van der Waals surface area contributed by atoms with Gasteiger partial charge in [-0.3, -0.25) is 4.79 Å². The number of likely N-dealkylation sites (tertiary alicyclic amines) is 1. The molecule has 3 aromatic rings. The quantitative estimate of drug-likeness (QED) is 0.424. The van der Waals surface area contributed by atoms with Crippen molar-refractivity contribution in [1.29, 1.82) is 0 Å². The van der Waals surface area contributed by atoms with E-state index >= 15 is 0 Å². The fourth-order valence-electron chi connectivity index (χ4n) is 3.36. The highest BCUT2D eigenvalue weighted by Gasteiger charge is 2.41. The van der Waals surface area contributed by atoms with Crippen LogP contribution in [0.4, 0.5) is 4.39 Å². The standard InChI is InChI=1S/C21H19FN2O4S2/c1-27-20(26)16-10-13(28-17-8-4-2-6-14(17)22)11-24(16)19(25)12-29-21-23-15-7-3-5-9-18(15)30-21/h2-9,13,16H,10-12H2,1H3/t13-,16+/m0/s1. The van der Waals surface area contributed by atoms with Crippen LogP contribution in [0.3, 0.4) is 0 Å². The van der Waals surface area contributed by atoms with E-state index in [1.165, 1.54) is 47.2 Å². The van der Waals surface area contributed by atoms with E-state index in [1.54, 1.807) is 12.1 Å². The molecule has 0 aliphatic carbocycles. The molecule has 30 heavy (non-hydrogen) atoms. The van der Waals surface area contributed by atoms with E-state index < -0.39 is 23.9 Å². The molecule has 4 rings (SSSR count). The van der Waals surface area contributed by atoms with Crippen molar-refractivity contribution in [2.24, 2.45) is 0 Å². The number of carbonyl (C=O) groups is 2. The average Bonchev–Trinajstić information content (AvgIpc) is 3.37. The first-order valence-electron chi connectivity index (χ1n) is 9.32. The Hall–Kier alpha value is -2.65. The minimum Gasteiger partial charge on any atom is -0.485 e. The summed E-state index contributed by atoms with van der Waals surface area (Å²) in [7, 11) is 1.28. The number of thioether (sulfide) groups is 1. The van der Waals surface area contributed by atoms with E-state index in [-0.39, 0.29) is 30.4 Å². The molecule has 0 spiro atoms. The fraction of sp³-hybridized carbons (Fsp3) is 0.286. The molecule has 1 saturated heterocycles. The van der Waals surface area contributed by atoms with E-state index in [2.05, 4.69) is 4.98 Å². The predicted molar refractivity (Wildman–Crippen MR) is 113 cm³/mol. The Kier molecular flexibility index (Phi) is 6.19. The lowest BCUT2D eigenvalue weighted by molar-refractivity contribution is -0.150. The van der Waals surface area contributed by atoms with E-state index in [0.29, 0.717) is 0 Å². The summed E-state index contributed by atoms with van der Waals surface area (Å²) in [6.45, 7) is 0.188. The number of fused-ring (bicyclic) bond motifs is 1. The van der Waals surface area contributed by atoms with E-state index in [4.69, 9.17) is 9.47 Å². The first kappa shape index (κ1) is 20.6. The number of para-hydroxylation sites is 2. The number of carbonyl (C=O) groups excluding carboxylic acids is 2. The lowest BCUT2D eigenvalue weighted by atomic mass is 10.2. The summed E-state index contributed by atoms with van der Waals surface area (Å²) in [4.78, 5) is 31.1. The maximum atomic E-state index is 13.9. The number of nitrogens with zero attached hydrogens (tertiary/aromatic N) is 2. The number of amides is 1. The summed E-state index contributed by atoms with van der Waals surface area (Å²) >= 11 is 2.85. The van der Waals surface area contributed by atoms with Gasteiger partial charge in [0.15, 0.2) is 15.9 Å². The van der Waals surface area contributed by atoms with Gasteiger partial charge in [0.1, 0.15) is 12.1 Å². The highest BCUT2D eigenvalue weighted by molar-refractivity contribution is 8.01. The van der Waals surface area contributed by atoms with Crippen LogP contribution < -0.4 is 4.74 Å². The molecule has 0 N–H and O–H groups in total. The van der Waals surface area contributed by atoms with Crippen molar-refractivity contribution in [2.75, 3.05) is 19.4 Å². The second-order valence-corrected chi connectivity index (χ2v) is 8.98. The molecule has 0 unspecified atom stereocenters. The predicted octanol–water partition coefficient (Wildman–Crippen LogP) is 3.75. The Balaban J connectivity index is 1.43. The zero-order chi connectivity index (χ0) is 21.1. The maximum absolute atomic E-state index is 13.9. The van der Waals surface area contributed by atoms with Crippen LogP contribution >= 0.6 is 23.1 Å². The smallest absolute Gasteiger partial charge is 0.328 e. The van der Waals surface area contributed by atoms with Crippen LogP contribution in [0.2, 0.25) is 0 Å². The molecule has 2 heterocycles. The van der Waals surface area contributed by atoms with Crippen molar-refractivity contribution in [2.45, 2.75) is 22.9 Å². The largest absolute Gasteiger partial charge is 0.485 e. The van der Waals surface area contributed by atoms with Gasteiger partial charge in [0.05, 0.1) is 29.6 Å². The summed E-state index contributed by atoms with van der Waals surface area (Å²) in [5.74, 6) is -0.963. The molecule has 1 aromatic heterocycles. The van der Waals surface area contributed by atoms with Crippen LogP contribution in [0.5, 0.6) is 5.75 Å². The van der Waals surface area contributed by atoms with Crippen molar-refractivity contribution in [3.63, 3.8) is 0 Å². The summed E-state index contributed by atoms with van der Waals surface area (Å²) in [6, 6.07) is 13.1. The molecule has 0 saturated carbocycles. The minimum atomic E-state index is -0.754. The van der Waals surface area contributed by atoms with Gasteiger partial charge in [0.25, 0.3) is 0 Å². The van der Waals surface area contributed by atoms with Crippen LogP contribution in [0, 0.1) is 5.82 Å². The SMILES string of the molecule is COC(=O)[C@H]1C[C@H](Oc2ccccc2F)CN1C(=O)CSc1nc2ccccc2s1.